The monoisotopic (exact) mass is 266 g/mol. The Labute approximate surface area is 109 Å². The van der Waals surface area contributed by atoms with Crippen molar-refractivity contribution in [3.05, 3.63) is 24.0 Å². The lowest BCUT2D eigenvalue weighted by Crippen LogP contribution is -2.12. The average molecular weight is 266 g/mol. The summed E-state index contributed by atoms with van der Waals surface area (Å²) < 4.78 is 19.6. The molecule has 2 heterocycles. The number of nitrogens with zero attached hydrogens (tertiary/aromatic N) is 1. The number of hydrogen-bond acceptors (Lipinski definition) is 4. The van der Waals surface area contributed by atoms with Crippen molar-refractivity contribution in [2.24, 2.45) is 0 Å². The fourth-order valence-electron chi connectivity index (χ4n) is 2.19. The van der Waals surface area contributed by atoms with E-state index in [-0.39, 0.29) is 5.82 Å². The van der Waals surface area contributed by atoms with E-state index < -0.39 is 0 Å². The van der Waals surface area contributed by atoms with Gasteiger partial charge in [-0.1, -0.05) is 11.3 Å². The highest BCUT2D eigenvalue weighted by Gasteiger charge is 2.14. The Morgan fingerprint density at radius 2 is 2.44 bits per heavy atom. The number of rotatable bonds is 4. The number of fused-ring (bicyclic) bond motifs is 1. The number of thiazole rings is 1. The summed E-state index contributed by atoms with van der Waals surface area (Å²) in [5, 5.41) is 4.14. The quantitative estimate of drug-likeness (QED) is 0.920. The molecule has 1 saturated heterocycles. The molecule has 1 fully saturated rings. The Kier molecular flexibility index (Phi) is 3.43. The maximum Gasteiger partial charge on any atom is 0.183 e. The fourth-order valence-corrected chi connectivity index (χ4v) is 3.06. The zero-order chi connectivity index (χ0) is 12.4. The maximum atomic E-state index is 13.0. The van der Waals surface area contributed by atoms with Gasteiger partial charge in [-0.3, -0.25) is 0 Å². The van der Waals surface area contributed by atoms with E-state index in [1.54, 1.807) is 17.4 Å². The summed E-state index contributed by atoms with van der Waals surface area (Å²) in [7, 11) is 0. The van der Waals surface area contributed by atoms with E-state index in [4.69, 9.17) is 4.74 Å². The number of halogens is 1. The highest BCUT2D eigenvalue weighted by molar-refractivity contribution is 7.22. The summed E-state index contributed by atoms with van der Waals surface area (Å²) >= 11 is 1.56. The third kappa shape index (κ3) is 2.62. The van der Waals surface area contributed by atoms with E-state index in [9.17, 15) is 4.39 Å². The first kappa shape index (κ1) is 11.9. The molecule has 96 valence electrons. The molecule has 0 aliphatic carbocycles. The molecular weight excluding hydrogens is 251 g/mol. The number of nitrogens with one attached hydrogen (secondary N) is 1. The molecule has 3 rings (SSSR count). The van der Waals surface area contributed by atoms with Gasteiger partial charge in [0.1, 0.15) is 5.82 Å². The Morgan fingerprint density at radius 1 is 1.50 bits per heavy atom. The smallest absolute Gasteiger partial charge is 0.183 e. The van der Waals surface area contributed by atoms with Crippen molar-refractivity contribution >= 4 is 26.7 Å². The van der Waals surface area contributed by atoms with Gasteiger partial charge in [0.15, 0.2) is 5.13 Å². The lowest BCUT2D eigenvalue weighted by atomic mass is 10.2. The van der Waals surface area contributed by atoms with Gasteiger partial charge in [-0.05, 0) is 31.4 Å². The van der Waals surface area contributed by atoms with Gasteiger partial charge in [-0.15, -0.1) is 0 Å². The summed E-state index contributed by atoms with van der Waals surface area (Å²) in [4.78, 5) is 4.36. The lowest BCUT2D eigenvalue weighted by molar-refractivity contribution is 0.107. The standard InChI is InChI=1S/C13H15FN2OS/c14-9-3-4-12-11(8-9)16-13(18-12)15-6-5-10-2-1-7-17-10/h3-4,8,10H,1-2,5-7H2,(H,15,16). The van der Waals surface area contributed by atoms with Crippen LogP contribution in [0.3, 0.4) is 0 Å². The van der Waals surface area contributed by atoms with Gasteiger partial charge in [0, 0.05) is 19.2 Å². The van der Waals surface area contributed by atoms with Crippen LogP contribution in [0.5, 0.6) is 0 Å². The van der Waals surface area contributed by atoms with Crippen molar-refractivity contribution in [2.75, 3.05) is 18.5 Å². The normalized spacial score (nSPS) is 19.5. The molecule has 1 N–H and O–H groups in total. The highest BCUT2D eigenvalue weighted by Crippen LogP contribution is 2.26. The Bertz CT molecular complexity index is 537. The molecule has 0 bridgehead atoms. The van der Waals surface area contributed by atoms with E-state index in [1.165, 1.54) is 18.6 Å². The summed E-state index contributed by atoms with van der Waals surface area (Å²) in [6, 6.07) is 4.71. The SMILES string of the molecule is Fc1ccc2sc(NCCC3CCCO3)nc2c1. The van der Waals surface area contributed by atoms with E-state index in [1.807, 2.05) is 0 Å². The first-order valence-corrected chi connectivity index (χ1v) is 7.04. The molecule has 5 heteroatoms. The fraction of sp³-hybridized carbons (Fsp3) is 0.462. The molecule has 1 aromatic carbocycles. The van der Waals surface area contributed by atoms with Crippen molar-refractivity contribution in [2.45, 2.75) is 25.4 Å². The van der Waals surface area contributed by atoms with Crippen LogP contribution in [-0.2, 0) is 4.74 Å². The second-order valence-corrected chi connectivity index (χ2v) is 5.51. The molecule has 1 atom stereocenters. The van der Waals surface area contributed by atoms with Gasteiger partial charge in [0.25, 0.3) is 0 Å². The van der Waals surface area contributed by atoms with E-state index in [2.05, 4.69) is 10.3 Å². The zero-order valence-electron chi connectivity index (χ0n) is 9.99. The van der Waals surface area contributed by atoms with Crippen molar-refractivity contribution in [3.63, 3.8) is 0 Å². The first-order chi connectivity index (χ1) is 8.81. The summed E-state index contributed by atoms with van der Waals surface area (Å²) in [5.41, 5.74) is 0.722. The molecule has 18 heavy (non-hydrogen) atoms. The first-order valence-electron chi connectivity index (χ1n) is 6.23. The molecule has 2 aromatic rings. The molecular formula is C13H15FN2OS. The molecule has 0 radical (unpaired) electrons. The van der Waals surface area contributed by atoms with Gasteiger partial charge in [0.05, 0.1) is 16.3 Å². The summed E-state index contributed by atoms with van der Waals surface area (Å²) in [5.74, 6) is -0.237. The van der Waals surface area contributed by atoms with E-state index in [0.717, 1.165) is 41.3 Å². The summed E-state index contributed by atoms with van der Waals surface area (Å²) in [6.07, 6.45) is 3.73. The van der Waals surface area contributed by atoms with Crippen molar-refractivity contribution in [1.29, 1.82) is 0 Å². The number of ether oxygens (including phenoxy) is 1. The van der Waals surface area contributed by atoms with Gasteiger partial charge >= 0.3 is 0 Å². The van der Waals surface area contributed by atoms with Crippen LogP contribution >= 0.6 is 11.3 Å². The van der Waals surface area contributed by atoms with Gasteiger partial charge in [0.2, 0.25) is 0 Å². The minimum atomic E-state index is -0.237. The minimum Gasteiger partial charge on any atom is -0.378 e. The predicted molar refractivity (Wildman–Crippen MR) is 71.7 cm³/mol. The van der Waals surface area contributed by atoms with Gasteiger partial charge in [-0.2, -0.15) is 0 Å². The third-order valence-electron chi connectivity index (χ3n) is 3.12. The van der Waals surface area contributed by atoms with Crippen LogP contribution in [0.1, 0.15) is 19.3 Å². The van der Waals surface area contributed by atoms with Crippen LogP contribution in [0.2, 0.25) is 0 Å². The second-order valence-electron chi connectivity index (χ2n) is 4.48. The molecule has 1 aromatic heterocycles. The van der Waals surface area contributed by atoms with Crippen LogP contribution in [0.15, 0.2) is 18.2 Å². The topological polar surface area (TPSA) is 34.1 Å². The largest absolute Gasteiger partial charge is 0.378 e. The molecule has 1 aliphatic heterocycles. The van der Waals surface area contributed by atoms with E-state index in [0.29, 0.717) is 6.10 Å². The molecule has 1 aliphatic rings. The van der Waals surface area contributed by atoms with Crippen LogP contribution in [0.4, 0.5) is 9.52 Å². The maximum absolute atomic E-state index is 13.0. The average Bonchev–Trinajstić information content (AvgIpc) is 2.97. The van der Waals surface area contributed by atoms with Crippen molar-refractivity contribution in [1.82, 2.24) is 4.98 Å². The Morgan fingerprint density at radius 3 is 3.28 bits per heavy atom. The molecule has 0 saturated carbocycles. The molecule has 0 spiro atoms. The van der Waals surface area contributed by atoms with Crippen molar-refractivity contribution in [3.8, 4) is 0 Å². The molecule has 1 unspecified atom stereocenters. The van der Waals surface area contributed by atoms with Crippen LogP contribution in [-0.4, -0.2) is 24.2 Å². The highest BCUT2D eigenvalue weighted by atomic mass is 32.1. The number of hydrogen-bond donors (Lipinski definition) is 1. The second kappa shape index (κ2) is 5.20. The zero-order valence-corrected chi connectivity index (χ0v) is 10.8. The number of anilines is 1. The minimum absolute atomic E-state index is 0.237. The Hall–Kier alpha value is -1.20. The molecule has 0 amide bonds. The number of aromatic nitrogens is 1. The van der Waals surface area contributed by atoms with Crippen LogP contribution < -0.4 is 5.32 Å². The van der Waals surface area contributed by atoms with Crippen LogP contribution in [0.25, 0.3) is 10.2 Å². The van der Waals surface area contributed by atoms with Gasteiger partial charge < -0.3 is 10.1 Å². The van der Waals surface area contributed by atoms with Crippen molar-refractivity contribution < 1.29 is 9.13 Å². The molecule has 3 nitrogen and oxygen atoms in total. The number of benzene rings is 1. The van der Waals surface area contributed by atoms with E-state index >= 15 is 0 Å². The lowest BCUT2D eigenvalue weighted by Gasteiger charge is -2.08. The van der Waals surface area contributed by atoms with Crippen LogP contribution in [0, 0.1) is 5.82 Å². The third-order valence-corrected chi connectivity index (χ3v) is 4.11. The summed E-state index contributed by atoms with van der Waals surface area (Å²) in [6.45, 7) is 1.75. The predicted octanol–water partition coefficient (Wildman–Crippen LogP) is 3.42. The Balaban J connectivity index is 1.60. The van der Waals surface area contributed by atoms with Gasteiger partial charge in [-0.25, -0.2) is 9.37 Å².